The van der Waals surface area contributed by atoms with E-state index in [1.807, 2.05) is 23.7 Å². The molecule has 1 atom stereocenters. The van der Waals surface area contributed by atoms with Crippen LogP contribution in [0.3, 0.4) is 0 Å². The van der Waals surface area contributed by atoms with Crippen molar-refractivity contribution in [1.82, 2.24) is 14.9 Å². The molecular formula is C24H22FN3O4. The van der Waals surface area contributed by atoms with E-state index >= 15 is 0 Å². The molecule has 0 aliphatic rings. The summed E-state index contributed by atoms with van der Waals surface area (Å²) in [5.41, 5.74) is 1.40. The summed E-state index contributed by atoms with van der Waals surface area (Å²) in [5, 5.41) is 2.98. The lowest BCUT2D eigenvalue weighted by Crippen LogP contribution is -2.31. The van der Waals surface area contributed by atoms with Gasteiger partial charge in [0.05, 0.1) is 14.2 Å². The van der Waals surface area contributed by atoms with Crippen LogP contribution < -0.4 is 14.8 Å². The van der Waals surface area contributed by atoms with Gasteiger partial charge in [0, 0.05) is 31.1 Å². The Morgan fingerprint density at radius 1 is 1.06 bits per heavy atom. The molecule has 0 aliphatic heterocycles. The molecule has 0 aliphatic carbocycles. The van der Waals surface area contributed by atoms with Crippen molar-refractivity contribution >= 4 is 5.91 Å². The Morgan fingerprint density at radius 2 is 1.75 bits per heavy atom. The number of ether oxygens (including phenoxy) is 2. The van der Waals surface area contributed by atoms with Gasteiger partial charge in [-0.1, -0.05) is 0 Å². The molecule has 0 bridgehead atoms. The summed E-state index contributed by atoms with van der Waals surface area (Å²) >= 11 is 0. The number of furan rings is 1. The van der Waals surface area contributed by atoms with Crippen molar-refractivity contribution in [3.05, 3.63) is 90.0 Å². The number of amides is 1. The molecule has 0 saturated heterocycles. The molecule has 0 radical (unpaired) electrons. The summed E-state index contributed by atoms with van der Waals surface area (Å²) in [7, 11) is 4.97. The van der Waals surface area contributed by atoms with E-state index < -0.39 is 11.9 Å². The van der Waals surface area contributed by atoms with E-state index in [0.29, 0.717) is 28.6 Å². The number of carbonyl (C=O) groups excluding carboxylic acids is 1. The van der Waals surface area contributed by atoms with Crippen molar-refractivity contribution in [3.8, 4) is 22.8 Å². The molecule has 7 nitrogen and oxygen atoms in total. The molecule has 2 heterocycles. The number of nitrogens with one attached hydrogen (secondary N) is 1. The number of rotatable bonds is 7. The third-order valence-electron chi connectivity index (χ3n) is 5.06. The molecule has 4 aromatic rings. The maximum absolute atomic E-state index is 13.2. The normalized spacial score (nSPS) is 11.8. The van der Waals surface area contributed by atoms with Crippen LogP contribution in [-0.4, -0.2) is 29.7 Å². The van der Waals surface area contributed by atoms with E-state index in [9.17, 15) is 9.18 Å². The fraction of sp³-hybridized carbons (Fsp3) is 0.167. The van der Waals surface area contributed by atoms with Crippen LogP contribution in [0.4, 0.5) is 4.39 Å². The number of nitrogens with zero attached hydrogens (tertiary/aromatic N) is 2. The second-order valence-electron chi connectivity index (χ2n) is 7.12. The zero-order chi connectivity index (χ0) is 22.7. The molecule has 2 aromatic heterocycles. The fourth-order valence-corrected chi connectivity index (χ4v) is 3.38. The van der Waals surface area contributed by atoms with Crippen LogP contribution in [0.2, 0.25) is 0 Å². The summed E-state index contributed by atoms with van der Waals surface area (Å²) in [6, 6.07) is 13.9. The number of aryl methyl sites for hydroxylation is 1. The van der Waals surface area contributed by atoms with Crippen molar-refractivity contribution in [3.63, 3.8) is 0 Å². The number of aromatic nitrogens is 2. The van der Waals surface area contributed by atoms with Crippen LogP contribution in [0.5, 0.6) is 11.5 Å². The van der Waals surface area contributed by atoms with Gasteiger partial charge < -0.3 is 23.8 Å². The summed E-state index contributed by atoms with van der Waals surface area (Å²) < 4.78 is 31.5. The lowest BCUT2D eigenvalue weighted by molar-refractivity contribution is 0.0914. The van der Waals surface area contributed by atoms with Gasteiger partial charge in [-0.3, -0.25) is 4.79 Å². The molecule has 2 aromatic carbocycles. The molecule has 1 N–H and O–H groups in total. The lowest BCUT2D eigenvalue weighted by Gasteiger charge is -2.20. The van der Waals surface area contributed by atoms with E-state index in [-0.39, 0.29) is 11.6 Å². The Morgan fingerprint density at radius 3 is 2.34 bits per heavy atom. The molecule has 0 saturated carbocycles. The Kier molecular flexibility index (Phi) is 5.93. The highest BCUT2D eigenvalue weighted by Gasteiger charge is 2.24. The Hall–Kier alpha value is -4.07. The number of carbonyl (C=O) groups is 1. The first kappa shape index (κ1) is 21.2. The number of halogens is 1. The minimum absolute atomic E-state index is 0.124. The van der Waals surface area contributed by atoms with Gasteiger partial charge in [0.1, 0.15) is 34.9 Å². The first-order valence-corrected chi connectivity index (χ1v) is 9.85. The van der Waals surface area contributed by atoms with E-state index in [2.05, 4.69) is 10.3 Å². The Balaban J connectivity index is 1.66. The summed E-state index contributed by atoms with van der Waals surface area (Å²) in [6.45, 7) is 0. The average molecular weight is 435 g/mol. The number of benzene rings is 2. The SMILES string of the molecule is COc1cc(OC)cc(C(NC(=O)c2ccc(-c3ccc(F)cc3)o2)c2nccn2C)c1. The maximum Gasteiger partial charge on any atom is 0.287 e. The topological polar surface area (TPSA) is 78.5 Å². The minimum atomic E-state index is -0.592. The van der Waals surface area contributed by atoms with Gasteiger partial charge in [0.15, 0.2) is 5.76 Å². The van der Waals surface area contributed by atoms with Gasteiger partial charge >= 0.3 is 0 Å². The molecule has 1 unspecified atom stereocenters. The van der Waals surface area contributed by atoms with E-state index in [1.165, 1.54) is 12.1 Å². The van der Waals surface area contributed by atoms with Gasteiger partial charge in [0.2, 0.25) is 0 Å². The van der Waals surface area contributed by atoms with Crippen LogP contribution >= 0.6 is 0 Å². The number of hydrogen-bond acceptors (Lipinski definition) is 5. The Labute approximate surface area is 184 Å². The van der Waals surface area contributed by atoms with Crippen LogP contribution in [-0.2, 0) is 7.05 Å². The number of methoxy groups -OCH3 is 2. The van der Waals surface area contributed by atoms with Crippen LogP contribution in [0, 0.1) is 5.82 Å². The zero-order valence-corrected chi connectivity index (χ0v) is 17.8. The largest absolute Gasteiger partial charge is 0.497 e. The highest BCUT2D eigenvalue weighted by Crippen LogP contribution is 2.30. The first-order chi connectivity index (χ1) is 15.5. The third-order valence-corrected chi connectivity index (χ3v) is 5.06. The lowest BCUT2D eigenvalue weighted by atomic mass is 10.0. The smallest absolute Gasteiger partial charge is 0.287 e. The third kappa shape index (κ3) is 4.34. The highest BCUT2D eigenvalue weighted by molar-refractivity contribution is 5.92. The van der Waals surface area contributed by atoms with Gasteiger partial charge in [-0.2, -0.15) is 0 Å². The first-order valence-electron chi connectivity index (χ1n) is 9.85. The number of hydrogen-bond donors (Lipinski definition) is 1. The highest BCUT2D eigenvalue weighted by atomic mass is 19.1. The predicted octanol–water partition coefficient (Wildman–Crippen LogP) is 4.36. The second-order valence-corrected chi connectivity index (χ2v) is 7.12. The molecular weight excluding hydrogens is 413 g/mol. The van der Waals surface area contributed by atoms with Gasteiger partial charge in [-0.25, -0.2) is 9.37 Å². The standard InChI is InChI=1S/C24H22FN3O4/c1-28-11-10-26-23(28)22(16-12-18(30-2)14-19(13-16)31-3)27-24(29)21-9-8-20(32-21)15-4-6-17(25)7-5-15/h4-14,22H,1-3H3,(H,27,29). The minimum Gasteiger partial charge on any atom is -0.497 e. The van der Waals surface area contributed by atoms with Gasteiger partial charge in [-0.05, 0) is 54.1 Å². The van der Waals surface area contributed by atoms with Crippen LogP contribution in [0.1, 0.15) is 28.0 Å². The summed E-state index contributed by atoms with van der Waals surface area (Å²) in [6.07, 6.45) is 3.46. The fourth-order valence-electron chi connectivity index (χ4n) is 3.38. The van der Waals surface area contributed by atoms with E-state index in [1.54, 1.807) is 56.9 Å². The van der Waals surface area contributed by atoms with Crippen molar-refractivity contribution in [1.29, 1.82) is 0 Å². The van der Waals surface area contributed by atoms with Crippen LogP contribution in [0.15, 0.2) is 71.4 Å². The van der Waals surface area contributed by atoms with Gasteiger partial charge in [-0.15, -0.1) is 0 Å². The van der Waals surface area contributed by atoms with Crippen LogP contribution in [0.25, 0.3) is 11.3 Å². The van der Waals surface area contributed by atoms with E-state index in [4.69, 9.17) is 13.9 Å². The maximum atomic E-state index is 13.2. The molecule has 32 heavy (non-hydrogen) atoms. The predicted molar refractivity (Wildman–Crippen MR) is 116 cm³/mol. The molecule has 8 heteroatoms. The zero-order valence-electron chi connectivity index (χ0n) is 17.8. The van der Waals surface area contributed by atoms with Crippen molar-refractivity contribution < 1.29 is 23.1 Å². The Bertz CT molecular complexity index is 1210. The molecule has 164 valence electrons. The van der Waals surface area contributed by atoms with Crippen molar-refractivity contribution in [2.24, 2.45) is 7.05 Å². The van der Waals surface area contributed by atoms with Crippen molar-refractivity contribution in [2.45, 2.75) is 6.04 Å². The average Bonchev–Trinajstić information content (AvgIpc) is 3.47. The quantitative estimate of drug-likeness (QED) is 0.467. The summed E-state index contributed by atoms with van der Waals surface area (Å²) in [4.78, 5) is 17.5. The number of imidazole rings is 1. The molecule has 0 spiro atoms. The molecule has 4 rings (SSSR count). The van der Waals surface area contributed by atoms with Crippen molar-refractivity contribution in [2.75, 3.05) is 14.2 Å². The molecule has 1 amide bonds. The van der Waals surface area contributed by atoms with Gasteiger partial charge in [0.25, 0.3) is 5.91 Å². The molecule has 0 fully saturated rings. The second kappa shape index (κ2) is 8.97. The van der Waals surface area contributed by atoms with E-state index in [0.717, 1.165) is 5.56 Å². The monoisotopic (exact) mass is 435 g/mol. The summed E-state index contributed by atoms with van der Waals surface area (Å²) in [5.74, 6) is 1.62.